The van der Waals surface area contributed by atoms with Gasteiger partial charge < -0.3 is 0 Å². The molecular formula is C14H8BrN3S. The van der Waals surface area contributed by atoms with Gasteiger partial charge in [0.25, 0.3) is 0 Å². The van der Waals surface area contributed by atoms with E-state index in [1.807, 2.05) is 0 Å². The van der Waals surface area contributed by atoms with Crippen LogP contribution in [0.1, 0.15) is 5.56 Å². The van der Waals surface area contributed by atoms with Crippen molar-refractivity contribution in [3.8, 4) is 0 Å². The highest BCUT2D eigenvalue weighted by molar-refractivity contribution is 9.10. The second-order valence-electron chi connectivity index (χ2n) is 4.32. The van der Waals surface area contributed by atoms with E-state index in [9.17, 15) is 0 Å². The van der Waals surface area contributed by atoms with Gasteiger partial charge in [-0.2, -0.15) is 5.10 Å². The molecule has 5 heteroatoms. The third kappa shape index (κ3) is 1.76. The molecule has 0 fully saturated rings. The molecule has 0 aromatic heterocycles. The van der Waals surface area contributed by atoms with E-state index in [4.69, 9.17) is 0 Å². The lowest BCUT2D eigenvalue weighted by Gasteiger charge is -2.06. The normalized spacial score (nSPS) is 20.6. The van der Waals surface area contributed by atoms with Gasteiger partial charge in [0.1, 0.15) is 16.1 Å². The highest BCUT2D eigenvalue weighted by atomic mass is 79.9. The number of aliphatic imine (C=N–C) groups is 1. The van der Waals surface area contributed by atoms with E-state index in [1.165, 1.54) is 10.8 Å². The number of hydrogen-bond donors (Lipinski definition) is 0. The fourth-order valence-corrected chi connectivity index (χ4v) is 3.75. The number of thioether (sulfide) groups is 1. The topological polar surface area (TPSA) is 37.1 Å². The maximum atomic E-state index is 4.68. The van der Waals surface area contributed by atoms with E-state index in [0.717, 1.165) is 20.1 Å². The van der Waals surface area contributed by atoms with Crippen molar-refractivity contribution in [1.29, 1.82) is 0 Å². The Morgan fingerprint density at radius 3 is 2.79 bits per heavy atom. The molecule has 92 valence electrons. The summed E-state index contributed by atoms with van der Waals surface area (Å²) < 4.78 is 1.11. The lowest BCUT2D eigenvalue weighted by Crippen LogP contribution is -2.06. The summed E-state index contributed by atoms with van der Waals surface area (Å²) in [7, 11) is 0. The number of hydrogen-bond acceptors (Lipinski definition) is 4. The summed E-state index contributed by atoms with van der Waals surface area (Å²) in [4.78, 5) is 4.68. The van der Waals surface area contributed by atoms with Crippen molar-refractivity contribution in [2.45, 2.75) is 6.04 Å². The Morgan fingerprint density at radius 1 is 1.05 bits per heavy atom. The van der Waals surface area contributed by atoms with Crippen molar-refractivity contribution in [3.05, 3.63) is 46.4 Å². The quantitative estimate of drug-likeness (QED) is 0.782. The van der Waals surface area contributed by atoms with Gasteiger partial charge in [0.2, 0.25) is 0 Å². The number of halogens is 1. The van der Waals surface area contributed by atoms with Gasteiger partial charge in [0.05, 0.1) is 6.21 Å². The second-order valence-corrected chi connectivity index (χ2v) is 6.19. The van der Waals surface area contributed by atoms with Crippen LogP contribution < -0.4 is 0 Å². The number of rotatable bonds is 1. The van der Waals surface area contributed by atoms with Gasteiger partial charge in [-0.3, -0.25) is 4.99 Å². The first-order valence-corrected chi connectivity index (χ1v) is 7.48. The standard InChI is InChI=1S/C14H8BrN3S/c15-11-6-2-3-8-9(11)4-1-5-10(8)13-17-12-7-16-18-14(12)19-13/h1-7,12H/t12-/m0/s1. The first-order valence-electron chi connectivity index (χ1n) is 5.87. The molecule has 0 unspecified atom stereocenters. The largest absolute Gasteiger partial charge is 0.261 e. The van der Waals surface area contributed by atoms with Crippen molar-refractivity contribution in [3.63, 3.8) is 0 Å². The summed E-state index contributed by atoms with van der Waals surface area (Å²) in [5.74, 6) is 0. The summed E-state index contributed by atoms with van der Waals surface area (Å²) in [6, 6.07) is 12.6. The minimum atomic E-state index is 0.0300. The fourth-order valence-electron chi connectivity index (χ4n) is 2.28. The number of benzene rings is 2. The first-order chi connectivity index (χ1) is 9.33. The molecule has 0 saturated carbocycles. The van der Waals surface area contributed by atoms with Crippen molar-refractivity contribution >= 4 is 54.8 Å². The van der Waals surface area contributed by atoms with Crippen molar-refractivity contribution in [2.75, 3.05) is 0 Å². The van der Waals surface area contributed by atoms with Crippen LogP contribution in [0.15, 0.2) is 56.1 Å². The molecule has 0 radical (unpaired) electrons. The molecule has 2 heterocycles. The Labute approximate surface area is 122 Å². The van der Waals surface area contributed by atoms with Crippen molar-refractivity contribution < 1.29 is 0 Å². The minimum absolute atomic E-state index is 0.0300. The van der Waals surface area contributed by atoms with Crippen LogP contribution in [-0.4, -0.2) is 22.3 Å². The molecule has 2 aliphatic heterocycles. The number of nitrogens with zero attached hydrogens (tertiary/aromatic N) is 3. The molecule has 0 amide bonds. The molecule has 0 spiro atoms. The van der Waals surface area contributed by atoms with Crippen molar-refractivity contribution in [1.82, 2.24) is 0 Å². The smallest absolute Gasteiger partial charge is 0.138 e. The van der Waals surface area contributed by atoms with E-state index in [0.29, 0.717) is 0 Å². The summed E-state index contributed by atoms with van der Waals surface area (Å²) in [5.41, 5.74) is 1.16. The zero-order valence-electron chi connectivity index (χ0n) is 9.75. The van der Waals surface area contributed by atoms with Gasteiger partial charge >= 0.3 is 0 Å². The molecule has 2 aromatic rings. The Morgan fingerprint density at radius 2 is 1.89 bits per heavy atom. The van der Waals surface area contributed by atoms with E-state index in [2.05, 4.69) is 67.5 Å². The molecule has 2 aliphatic rings. The van der Waals surface area contributed by atoms with E-state index >= 15 is 0 Å². The van der Waals surface area contributed by atoms with Crippen LogP contribution in [0.2, 0.25) is 0 Å². The van der Waals surface area contributed by atoms with Gasteiger partial charge in [-0.1, -0.05) is 46.3 Å². The van der Waals surface area contributed by atoms with E-state index < -0.39 is 0 Å². The van der Waals surface area contributed by atoms with Crippen LogP contribution in [0.3, 0.4) is 0 Å². The molecule has 3 nitrogen and oxygen atoms in total. The Hall–Kier alpha value is -1.46. The van der Waals surface area contributed by atoms with Gasteiger partial charge in [0.15, 0.2) is 0 Å². The zero-order chi connectivity index (χ0) is 12.8. The lowest BCUT2D eigenvalue weighted by atomic mass is 10.1. The molecule has 2 aromatic carbocycles. The van der Waals surface area contributed by atoms with Crippen molar-refractivity contribution in [2.24, 2.45) is 15.2 Å². The number of fused-ring (bicyclic) bond motifs is 2. The van der Waals surface area contributed by atoms with Gasteiger partial charge in [-0.25, -0.2) is 0 Å². The summed E-state index contributed by atoms with van der Waals surface area (Å²) in [5, 5.41) is 12.4. The van der Waals surface area contributed by atoms with E-state index in [1.54, 1.807) is 18.0 Å². The maximum Gasteiger partial charge on any atom is 0.138 e. The summed E-state index contributed by atoms with van der Waals surface area (Å²) in [6.07, 6.45) is 1.79. The fraction of sp³-hybridized carbons (Fsp3) is 0.0714. The Kier molecular flexibility index (Phi) is 2.56. The van der Waals surface area contributed by atoms with Crippen LogP contribution >= 0.6 is 27.7 Å². The SMILES string of the molecule is Brc1cccc2c(C3=N[C@H]4C=NN=C4S3)cccc12. The van der Waals surface area contributed by atoms with Gasteiger partial charge in [-0.05, 0) is 28.6 Å². The third-order valence-corrected chi connectivity index (χ3v) is 4.92. The molecule has 0 bridgehead atoms. The van der Waals surface area contributed by atoms with Gasteiger partial charge in [-0.15, -0.1) is 5.10 Å². The van der Waals surface area contributed by atoms with Gasteiger partial charge in [0, 0.05) is 10.0 Å². The molecular weight excluding hydrogens is 322 g/mol. The predicted molar refractivity (Wildman–Crippen MR) is 85.5 cm³/mol. The molecule has 19 heavy (non-hydrogen) atoms. The average Bonchev–Trinajstić information content (AvgIpc) is 2.99. The molecule has 0 aliphatic carbocycles. The summed E-state index contributed by atoms with van der Waals surface area (Å²) in [6.45, 7) is 0. The zero-order valence-corrected chi connectivity index (χ0v) is 12.1. The Balaban J connectivity index is 1.91. The van der Waals surface area contributed by atoms with Crippen LogP contribution in [0.5, 0.6) is 0 Å². The predicted octanol–water partition coefficient (Wildman–Crippen LogP) is 3.86. The highest BCUT2D eigenvalue weighted by Crippen LogP contribution is 2.33. The van der Waals surface area contributed by atoms with Crippen LogP contribution in [0, 0.1) is 0 Å². The highest BCUT2D eigenvalue weighted by Gasteiger charge is 2.28. The second kappa shape index (κ2) is 4.28. The molecule has 0 N–H and O–H groups in total. The maximum absolute atomic E-state index is 4.68. The Bertz CT molecular complexity index is 779. The lowest BCUT2D eigenvalue weighted by molar-refractivity contribution is 1.22. The molecule has 4 rings (SSSR count). The van der Waals surface area contributed by atoms with Crippen LogP contribution in [0.25, 0.3) is 10.8 Å². The minimum Gasteiger partial charge on any atom is -0.261 e. The molecule has 0 saturated heterocycles. The molecule has 1 atom stereocenters. The van der Waals surface area contributed by atoms with Crippen LogP contribution in [0.4, 0.5) is 0 Å². The average molecular weight is 330 g/mol. The third-order valence-electron chi connectivity index (χ3n) is 3.17. The van der Waals surface area contributed by atoms with E-state index in [-0.39, 0.29) is 6.04 Å². The monoisotopic (exact) mass is 329 g/mol. The summed E-state index contributed by atoms with van der Waals surface area (Å²) >= 11 is 5.21. The first kappa shape index (κ1) is 11.4. The van der Waals surface area contributed by atoms with Crippen LogP contribution in [-0.2, 0) is 0 Å².